The van der Waals surface area contributed by atoms with E-state index < -0.39 is 0 Å². The molecule has 0 radical (unpaired) electrons. The molecule has 0 aliphatic heterocycles. The maximum Gasteiger partial charge on any atom is 0.248 e. The number of carbonyl (C=O) groups excluding carboxylic acids is 1. The number of anilines is 1. The molecule has 0 spiro atoms. The maximum absolute atomic E-state index is 11.6. The van der Waals surface area contributed by atoms with Gasteiger partial charge in [-0.1, -0.05) is 6.07 Å². The Bertz CT molecular complexity index is 592. The molecule has 0 aliphatic rings. The van der Waals surface area contributed by atoms with Crippen molar-refractivity contribution in [2.24, 2.45) is 0 Å². The molecule has 0 saturated carbocycles. The summed E-state index contributed by atoms with van der Waals surface area (Å²) < 4.78 is 0. The molecule has 0 saturated heterocycles. The zero-order chi connectivity index (χ0) is 12.8. The van der Waals surface area contributed by atoms with Crippen molar-refractivity contribution in [1.29, 1.82) is 5.26 Å². The number of rotatable bonds is 3. The van der Waals surface area contributed by atoms with Crippen LogP contribution in [0.25, 0.3) is 6.08 Å². The molecule has 18 heavy (non-hydrogen) atoms. The third-order valence-electron chi connectivity index (χ3n) is 2.22. The van der Waals surface area contributed by atoms with Crippen molar-refractivity contribution >= 4 is 29.0 Å². The first-order valence-electron chi connectivity index (χ1n) is 5.30. The second-order valence-corrected chi connectivity index (χ2v) is 4.51. The summed E-state index contributed by atoms with van der Waals surface area (Å²) in [6.45, 7) is 0. The summed E-state index contributed by atoms with van der Waals surface area (Å²) >= 11 is 1.57. The Morgan fingerprint density at radius 1 is 1.28 bits per heavy atom. The fourth-order valence-corrected chi connectivity index (χ4v) is 1.97. The molecule has 1 amide bonds. The van der Waals surface area contributed by atoms with Gasteiger partial charge in [0.25, 0.3) is 0 Å². The first-order chi connectivity index (χ1) is 8.78. The molecule has 2 rings (SSSR count). The van der Waals surface area contributed by atoms with Crippen molar-refractivity contribution in [3.05, 3.63) is 58.3 Å². The van der Waals surface area contributed by atoms with Crippen LogP contribution in [-0.2, 0) is 4.79 Å². The zero-order valence-corrected chi connectivity index (χ0v) is 10.3. The number of amides is 1. The van der Waals surface area contributed by atoms with Crippen molar-refractivity contribution < 1.29 is 4.79 Å². The molecular formula is C14H10N2OS. The summed E-state index contributed by atoms with van der Waals surface area (Å²) in [6, 6.07) is 12.6. The van der Waals surface area contributed by atoms with Crippen molar-refractivity contribution in [1.82, 2.24) is 0 Å². The lowest BCUT2D eigenvalue weighted by Crippen LogP contribution is -2.07. The number of carbonyl (C=O) groups is 1. The minimum absolute atomic E-state index is 0.187. The number of benzene rings is 1. The highest BCUT2D eigenvalue weighted by molar-refractivity contribution is 7.10. The third-order valence-corrected chi connectivity index (χ3v) is 3.06. The monoisotopic (exact) mass is 254 g/mol. The standard InChI is InChI=1S/C14H10N2OS/c15-10-11-3-5-12(6-4-11)16-14(17)8-7-13-2-1-9-18-13/h1-9H,(H,16,17)/b8-7+. The van der Waals surface area contributed by atoms with Gasteiger partial charge < -0.3 is 5.32 Å². The van der Waals surface area contributed by atoms with Crippen molar-refractivity contribution in [3.8, 4) is 6.07 Å². The molecule has 0 unspecified atom stereocenters. The zero-order valence-electron chi connectivity index (χ0n) is 9.46. The van der Waals surface area contributed by atoms with Gasteiger partial charge in [-0.2, -0.15) is 5.26 Å². The Morgan fingerprint density at radius 2 is 2.06 bits per heavy atom. The summed E-state index contributed by atoms with van der Waals surface area (Å²) in [5.74, 6) is -0.187. The summed E-state index contributed by atoms with van der Waals surface area (Å²) in [7, 11) is 0. The van der Waals surface area contributed by atoms with Gasteiger partial charge in [0.2, 0.25) is 5.91 Å². The van der Waals surface area contributed by atoms with Crippen LogP contribution in [0.1, 0.15) is 10.4 Å². The first kappa shape index (κ1) is 12.1. The van der Waals surface area contributed by atoms with E-state index in [1.165, 1.54) is 6.08 Å². The van der Waals surface area contributed by atoms with Gasteiger partial charge in [-0.3, -0.25) is 4.79 Å². The van der Waals surface area contributed by atoms with E-state index in [1.54, 1.807) is 41.7 Å². The number of thiophene rings is 1. The molecule has 2 aromatic rings. The average molecular weight is 254 g/mol. The summed E-state index contributed by atoms with van der Waals surface area (Å²) in [5.41, 5.74) is 1.25. The van der Waals surface area contributed by atoms with Crippen LogP contribution in [-0.4, -0.2) is 5.91 Å². The van der Waals surface area contributed by atoms with E-state index in [0.29, 0.717) is 11.3 Å². The Labute approximate surface area is 109 Å². The molecule has 1 N–H and O–H groups in total. The van der Waals surface area contributed by atoms with Gasteiger partial charge in [0.1, 0.15) is 0 Å². The third kappa shape index (κ3) is 3.30. The smallest absolute Gasteiger partial charge is 0.248 e. The van der Waals surface area contributed by atoms with E-state index in [0.717, 1.165) is 4.88 Å². The number of nitrogens with zero attached hydrogens (tertiary/aromatic N) is 1. The summed E-state index contributed by atoms with van der Waals surface area (Å²) in [5, 5.41) is 13.3. The SMILES string of the molecule is N#Cc1ccc(NC(=O)/C=C/c2cccs2)cc1. The highest BCUT2D eigenvalue weighted by atomic mass is 32.1. The van der Waals surface area contributed by atoms with Gasteiger partial charge in [-0.05, 0) is 41.8 Å². The van der Waals surface area contributed by atoms with Gasteiger partial charge in [0.05, 0.1) is 11.6 Å². The van der Waals surface area contributed by atoms with Gasteiger partial charge in [-0.25, -0.2) is 0 Å². The molecule has 88 valence electrons. The molecule has 0 atom stereocenters. The molecule has 0 aliphatic carbocycles. The van der Waals surface area contributed by atoms with E-state index in [4.69, 9.17) is 5.26 Å². The second-order valence-electron chi connectivity index (χ2n) is 3.53. The van der Waals surface area contributed by atoms with Gasteiger partial charge in [0.15, 0.2) is 0 Å². The number of nitrogens with one attached hydrogen (secondary N) is 1. The lowest BCUT2D eigenvalue weighted by Gasteiger charge is -2.01. The van der Waals surface area contributed by atoms with Crippen LogP contribution < -0.4 is 5.32 Å². The van der Waals surface area contributed by atoms with Crippen LogP contribution in [0, 0.1) is 11.3 Å². The Kier molecular flexibility index (Phi) is 3.90. The van der Waals surface area contributed by atoms with E-state index in [-0.39, 0.29) is 5.91 Å². The highest BCUT2D eigenvalue weighted by Crippen LogP contribution is 2.11. The minimum Gasteiger partial charge on any atom is -0.323 e. The highest BCUT2D eigenvalue weighted by Gasteiger charge is 1.98. The fourth-order valence-electron chi connectivity index (χ4n) is 1.36. The summed E-state index contributed by atoms with van der Waals surface area (Å²) in [6.07, 6.45) is 3.26. The van der Waals surface area contributed by atoms with Crippen molar-refractivity contribution in [2.45, 2.75) is 0 Å². The molecular weight excluding hydrogens is 244 g/mol. The Balaban J connectivity index is 1.97. The predicted molar refractivity (Wildman–Crippen MR) is 73.1 cm³/mol. The van der Waals surface area contributed by atoms with E-state index in [2.05, 4.69) is 5.32 Å². The maximum atomic E-state index is 11.6. The van der Waals surface area contributed by atoms with Gasteiger partial charge >= 0.3 is 0 Å². The molecule has 1 aromatic heterocycles. The van der Waals surface area contributed by atoms with Crippen molar-refractivity contribution in [3.63, 3.8) is 0 Å². The predicted octanol–water partition coefficient (Wildman–Crippen LogP) is 3.27. The second kappa shape index (κ2) is 5.80. The van der Waals surface area contributed by atoms with Crippen LogP contribution in [0.2, 0.25) is 0 Å². The molecule has 4 heteroatoms. The fraction of sp³-hybridized carbons (Fsp3) is 0. The van der Waals surface area contributed by atoms with Crippen LogP contribution in [0.3, 0.4) is 0 Å². The molecule has 1 heterocycles. The van der Waals surface area contributed by atoms with E-state index in [9.17, 15) is 4.79 Å². The number of hydrogen-bond donors (Lipinski definition) is 1. The molecule has 1 aromatic carbocycles. The van der Waals surface area contributed by atoms with E-state index >= 15 is 0 Å². The lowest BCUT2D eigenvalue weighted by atomic mass is 10.2. The normalized spacial score (nSPS) is 10.2. The van der Waals surface area contributed by atoms with Crippen LogP contribution in [0.4, 0.5) is 5.69 Å². The van der Waals surface area contributed by atoms with Crippen LogP contribution >= 0.6 is 11.3 Å². The number of nitriles is 1. The minimum atomic E-state index is -0.187. The molecule has 0 fully saturated rings. The van der Waals surface area contributed by atoms with Crippen molar-refractivity contribution in [2.75, 3.05) is 5.32 Å². The quantitative estimate of drug-likeness (QED) is 0.855. The van der Waals surface area contributed by atoms with Gasteiger partial charge in [0, 0.05) is 16.6 Å². The lowest BCUT2D eigenvalue weighted by molar-refractivity contribution is -0.111. The van der Waals surface area contributed by atoms with Crippen LogP contribution in [0.5, 0.6) is 0 Å². The Morgan fingerprint density at radius 3 is 2.67 bits per heavy atom. The largest absolute Gasteiger partial charge is 0.323 e. The molecule has 3 nitrogen and oxygen atoms in total. The summed E-state index contributed by atoms with van der Waals surface area (Å²) in [4.78, 5) is 12.6. The average Bonchev–Trinajstić information content (AvgIpc) is 2.90. The Hall–Kier alpha value is -2.38. The number of hydrogen-bond acceptors (Lipinski definition) is 3. The molecule has 0 bridgehead atoms. The first-order valence-corrected chi connectivity index (χ1v) is 6.18. The van der Waals surface area contributed by atoms with Gasteiger partial charge in [-0.15, -0.1) is 11.3 Å². The topological polar surface area (TPSA) is 52.9 Å². The van der Waals surface area contributed by atoms with Crippen LogP contribution in [0.15, 0.2) is 47.9 Å². The van der Waals surface area contributed by atoms with E-state index in [1.807, 2.05) is 23.6 Å².